The van der Waals surface area contributed by atoms with Crippen LogP contribution >= 0.6 is 26.9 Å². The van der Waals surface area contributed by atoms with Crippen molar-refractivity contribution in [2.45, 2.75) is 61.3 Å². The number of thiol groups is 1. The first kappa shape index (κ1) is 32.6. The minimum absolute atomic E-state index is 0.0220. The van der Waals surface area contributed by atoms with Gasteiger partial charge in [0.05, 0.1) is 25.5 Å². The summed E-state index contributed by atoms with van der Waals surface area (Å²) in [5.41, 5.74) is 6.27. The van der Waals surface area contributed by atoms with E-state index in [9.17, 15) is 33.7 Å². The van der Waals surface area contributed by atoms with E-state index in [-0.39, 0.29) is 22.5 Å². The zero-order valence-corrected chi connectivity index (χ0v) is 23.6. The number of fused-ring (bicyclic) bond motifs is 1. The van der Waals surface area contributed by atoms with E-state index < -0.39 is 89.1 Å². The predicted octanol–water partition coefficient (Wildman–Crippen LogP) is -0.503. The molecule has 8 N–H and O–H groups in total. The van der Waals surface area contributed by atoms with Crippen molar-refractivity contribution in [3.8, 4) is 0 Å². The minimum Gasteiger partial charge on any atom is -0.458 e. The number of ether oxygens (including phenoxy) is 2. The van der Waals surface area contributed by atoms with Crippen LogP contribution in [0, 0.1) is 0 Å². The van der Waals surface area contributed by atoms with Gasteiger partial charge in [0.1, 0.15) is 54.6 Å². The van der Waals surface area contributed by atoms with Gasteiger partial charge in [-0.05, 0) is 7.05 Å². The molecule has 2 aliphatic heterocycles. The molecule has 0 aromatic carbocycles. The number of rotatable bonds is 11. The van der Waals surface area contributed by atoms with Crippen LogP contribution in [0.4, 0.5) is 14.6 Å². The van der Waals surface area contributed by atoms with Crippen LogP contribution in [0.3, 0.4) is 0 Å². The maximum atomic E-state index is 15.4. The van der Waals surface area contributed by atoms with Gasteiger partial charge in [-0.3, -0.25) is 9.05 Å². The van der Waals surface area contributed by atoms with Crippen LogP contribution in [0.25, 0.3) is 11.1 Å². The largest absolute Gasteiger partial charge is 0.482 e. The van der Waals surface area contributed by atoms with Gasteiger partial charge in [-0.1, -0.05) is 12.2 Å². The third kappa shape index (κ3) is 6.91. The quantitative estimate of drug-likeness (QED) is 0.112. The molecule has 0 saturated carbocycles. The maximum absolute atomic E-state index is 15.4. The number of anilines is 1. The molecule has 0 radical (unpaired) electrons. The molecule has 4 rings (SSSR count). The molecule has 22 heteroatoms. The summed E-state index contributed by atoms with van der Waals surface area (Å²) in [6, 6.07) is -1.05. The average Bonchev–Trinajstić information content (AvgIpc) is 3.47. The van der Waals surface area contributed by atoms with Gasteiger partial charge in [0.2, 0.25) is 0 Å². The number of phosphoric acid groups is 1. The second kappa shape index (κ2) is 12.7. The highest BCUT2D eigenvalue weighted by Gasteiger charge is 2.51. The molecule has 17 nitrogen and oxygen atoms in total. The maximum Gasteiger partial charge on any atom is 0.482 e. The van der Waals surface area contributed by atoms with E-state index >= 15 is 4.39 Å². The molecule has 41 heavy (non-hydrogen) atoms. The molecule has 7 unspecified atom stereocenters. The number of hydrogen-bond donors (Lipinski definition) is 8. The Morgan fingerprint density at radius 3 is 2.59 bits per heavy atom. The van der Waals surface area contributed by atoms with Crippen LogP contribution in [0.15, 0.2) is 17.0 Å². The van der Waals surface area contributed by atoms with Crippen molar-refractivity contribution in [2.75, 3.05) is 26.0 Å². The Morgan fingerprint density at radius 2 is 1.93 bits per heavy atom. The number of nitrogen functional groups attached to an aromatic ring is 1. The third-order valence-electron chi connectivity index (χ3n) is 6.39. The van der Waals surface area contributed by atoms with E-state index in [0.717, 1.165) is 6.33 Å². The Hall–Kier alpha value is -1.35. The molecule has 4 heterocycles. The molecular formula is C19H28F2N4O13P2S. The first-order chi connectivity index (χ1) is 19.2. The van der Waals surface area contributed by atoms with Crippen LogP contribution < -0.4 is 11.1 Å². The van der Waals surface area contributed by atoms with Crippen LogP contribution in [-0.2, 0) is 32.0 Å². The Balaban J connectivity index is 1.40. The second-order valence-electron chi connectivity index (χ2n) is 9.04. The van der Waals surface area contributed by atoms with E-state index in [1.54, 1.807) is 0 Å². The summed E-state index contributed by atoms with van der Waals surface area (Å²) in [5.74, 6) is 0.0220. The monoisotopic (exact) mass is 652 g/mol. The van der Waals surface area contributed by atoms with Gasteiger partial charge >= 0.3 is 14.6 Å². The molecule has 232 valence electrons. The average molecular weight is 652 g/mol. The van der Waals surface area contributed by atoms with Gasteiger partial charge in [-0.15, -0.1) is 0 Å². The molecule has 0 amide bonds. The van der Waals surface area contributed by atoms with Crippen LogP contribution in [0.2, 0.25) is 0 Å². The van der Waals surface area contributed by atoms with Crippen LogP contribution in [-0.4, -0.2) is 111 Å². The lowest BCUT2D eigenvalue weighted by Gasteiger charge is -2.41. The Kier molecular flexibility index (Phi) is 10.1. The lowest BCUT2D eigenvalue weighted by molar-refractivity contribution is -0.287. The van der Waals surface area contributed by atoms with E-state index in [4.69, 9.17) is 29.3 Å². The van der Waals surface area contributed by atoms with Crippen LogP contribution in [0.5, 0.6) is 0 Å². The fraction of sp³-hybridized carbons (Fsp3) is 0.684. The number of aliphatic hydroxyl groups is 4. The first-order valence-electron chi connectivity index (χ1n) is 11.8. The number of likely N-dealkylation sites (N-methyl/N-ethyl adjacent to an activating group) is 1. The summed E-state index contributed by atoms with van der Waals surface area (Å²) < 4.78 is 84.5. The molecule has 0 aliphatic carbocycles. The minimum atomic E-state index is -5.51. The van der Waals surface area contributed by atoms with Crippen molar-refractivity contribution < 1.29 is 70.5 Å². The molecule has 12 atom stereocenters. The summed E-state index contributed by atoms with van der Waals surface area (Å²) in [7, 11) is -4.09. The number of phosphoric ester groups is 1. The summed E-state index contributed by atoms with van der Waals surface area (Å²) in [4.78, 5) is 17.9. The summed E-state index contributed by atoms with van der Waals surface area (Å²) in [5, 5.41) is 41.4. The van der Waals surface area contributed by atoms with E-state index in [1.807, 2.05) is 0 Å². The van der Waals surface area contributed by atoms with Crippen molar-refractivity contribution in [3.63, 3.8) is 0 Å². The highest BCUT2D eigenvalue weighted by Crippen LogP contribution is 2.66. The molecular weight excluding hydrogens is 624 g/mol. The Morgan fingerprint density at radius 1 is 1.22 bits per heavy atom. The fourth-order valence-electron chi connectivity index (χ4n) is 4.40. The molecule has 2 fully saturated rings. The van der Waals surface area contributed by atoms with Crippen molar-refractivity contribution in [3.05, 3.63) is 18.2 Å². The zero-order valence-electron chi connectivity index (χ0n) is 20.9. The van der Waals surface area contributed by atoms with Crippen molar-refractivity contribution in [1.82, 2.24) is 15.3 Å². The number of hydrogen-bond acceptors (Lipinski definition) is 16. The van der Waals surface area contributed by atoms with Crippen molar-refractivity contribution in [1.29, 1.82) is 0 Å². The molecule has 2 aromatic heterocycles. The normalized spacial score (nSPS) is 36.2. The number of nitrogens with zero attached hydrogens (tertiary/aromatic N) is 2. The van der Waals surface area contributed by atoms with Crippen molar-refractivity contribution >= 4 is 43.8 Å². The molecule has 2 aliphatic rings. The number of nitrogens with two attached hydrogens (primary N) is 1. The highest BCUT2D eigenvalue weighted by molar-refractivity contribution is 8.45. The van der Waals surface area contributed by atoms with E-state index in [1.165, 1.54) is 13.3 Å². The number of halogens is 2. The highest BCUT2D eigenvalue weighted by atomic mass is 32.7. The summed E-state index contributed by atoms with van der Waals surface area (Å²) >= 11 is 3.61. The number of aliphatic hydroxyl groups excluding tert-OH is 4. The molecule has 0 bridgehead atoms. The SMILES string of the molecule is CN[C@H]1[C@@H](F)[C@H](c2coc3c(N)ncnc23)O[C@@H]1COP(=O)(S)OP(=O)(O)OC1OC([C@@H](F)CO)C(O)C(O)C1O. The van der Waals surface area contributed by atoms with Gasteiger partial charge < -0.3 is 50.3 Å². The summed E-state index contributed by atoms with van der Waals surface area (Å²) in [6.07, 6.45) is -14.7. The summed E-state index contributed by atoms with van der Waals surface area (Å²) in [6.45, 7) is -6.65. The van der Waals surface area contributed by atoms with Gasteiger partial charge in [-0.25, -0.2) is 27.9 Å². The number of alkyl halides is 2. The first-order valence-corrected chi connectivity index (χ1v) is 16.0. The number of nitrogens with one attached hydrogen (secondary N) is 1. The van der Waals surface area contributed by atoms with Gasteiger partial charge in [0.25, 0.3) is 0 Å². The molecule has 2 aromatic rings. The lowest BCUT2D eigenvalue weighted by Crippen LogP contribution is -2.60. The van der Waals surface area contributed by atoms with E-state index in [2.05, 4.69) is 36.4 Å². The predicted molar refractivity (Wildman–Crippen MR) is 135 cm³/mol. The zero-order chi connectivity index (χ0) is 30.3. The van der Waals surface area contributed by atoms with Gasteiger partial charge in [0, 0.05) is 5.56 Å². The van der Waals surface area contributed by atoms with Crippen molar-refractivity contribution in [2.24, 2.45) is 0 Å². The standard InChI is InChI=1S/C19H28F2N4O13P2S/c1-23-11-8(35-15(9(11)21)6-3-33-17-10(6)24-5-25-18(17)22)4-34-40(32,41)38-39(30,31)37-19-14(29)12(27)13(28)16(36-19)7(20)2-26/h3,5,7-9,11-16,19,23,26-29H,2,4H2,1H3,(H,30,31)(H,32,41)(H2,22,24,25)/t7-,8+,9+,11+,12?,13?,14?,15-,16?,19?,40?/m0/s1. The van der Waals surface area contributed by atoms with E-state index in [0.29, 0.717) is 0 Å². The second-order valence-corrected chi connectivity index (χ2v) is 13.5. The fourth-order valence-corrected chi connectivity index (χ4v) is 7.59. The molecule has 0 spiro atoms. The molecule has 2 saturated heterocycles. The Labute approximate surface area is 235 Å². The van der Waals surface area contributed by atoms with Crippen LogP contribution in [0.1, 0.15) is 11.7 Å². The lowest BCUT2D eigenvalue weighted by atomic mass is 9.96. The Bertz CT molecular complexity index is 1310. The number of aromatic nitrogens is 2. The third-order valence-corrected chi connectivity index (χ3v) is 9.99. The smallest absolute Gasteiger partial charge is 0.458 e. The topological polar surface area (TPSA) is 258 Å². The number of furan rings is 1. The van der Waals surface area contributed by atoms with Gasteiger partial charge in [-0.2, -0.15) is 4.31 Å². The van der Waals surface area contributed by atoms with Gasteiger partial charge in [0.15, 0.2) is 23.9 Å².